The topological polar surface area (TPSA) is 96.3 Å². The number of ether oxygens (including phenoxy) is 2. The molecule has 7 heteroatoms. The minimum atomic E-state index is -1.03. The Balaban J connectivity index is 3.02. The van der Waals surface area contributed by atoms with E-state index in [9.17, 15) is 4.79 Å². The second-order valence-corrected chi connectivity index (χ2v) is 4.23. The highest BCUT2D eigenvalue weighted by atomic mass is 16.5. The zero-order chi connectivity index (χ0) is 15.0. The van der Waals surface area contributed by atoms with Gasteiger partial charge >= 0.3 is 5.97 Å². The zero-order valence-corrected chi connectivity index (χ0v) is 11.8. The van der Waals surface area contributed by atoms with Crippen molar-refractivity contribution >= 4 is 5.97 Å². The van der Waals surface area contributed by atoms with Crippen LogP contribution < -0.4 is 10.1 Å². The van der Waals surface area contributed by atoms with Gasteiger partial charge in [0.2, 0.25) is 0 Å². The number of hydrogen-bond donors (Lipinski definition) is 1. The Morgan fingerprint density at radius 2 is 2.25 bits per heavy atom. The molecule has 0 bridgehead atoms. The van der Waals surface area contributed by atoms with Crippen molar-refractivity contribution in [2.24, 2.45) is 5.11 Å². The molecule has 108 valence electrons. The lowest BCUT2D eigenvalue weighted by atomic mass is 9.91. The summed E-state index contributed by atoms with van der Waals surface area (Å²) in [6, 6.07) is 7.16. The first-order chi connectivity index (χ1) is 9.58. The predicted octanol–water partition coefficient (Wildman–Crippen LogP) is 1.98. The Kier molecular flexibility index (Phi) is 5.83. The summed E-state index contributed by atoms with van der Waals surface area (Å²) in [6.07, 6.45) is 0. The second-order valence-electron chi connectivity index (χ2n) is 4.23. The minimum Gasteiger partial charge on any atom is -0.497 e. The fourth-order valence-electron chi connectivity index (χ4n) is 1.83. The van der Waals surface area contributed by atoms with E-state index in [1.807, 2.05) is 0 Å². The summed E-state index contributed by atoms with van der Waals surface area (Å²) in [5, 5.41) is 6.48. The van der Waals surface area contributed by atoms with Gasteiger partial charge in [-0.1, -0.05) is 17.2 Å². The molecule has 1 atom stereocenters. The molecule has 1 aromatic carbocycles. The summed E-state index contributed by atoms with van der Waals surface area (Å²) >= 11 is 0. The van der Waals surface area contributed by atoms with Gasteiger partial charge in [-0.05, 0) is 30.2 Å². The van der Waals surface area contributed by atoms with Crippen LogP contribution in [0.5, 0.6) is 5.75 Å². The summed E-state index contributed by atoms with van der Waals surface area (Å²) < 4.78 is 10.0. The standard InChI is InChI=1S/C13H18N4O3/c1-13(12(18)20-3,15-7-8-16-17-14)10-5-4-6-11(9-10)19-2/h4-6,9,15H,7-8H2,1-3H3. The predicted molar refractivity (Wildman–Crippen MR) is 74.4 cm³/mol. The van der Waals surface area contributed by atoms with Gasteiger partial charge in [-0.3, -0.25) is 5.32 Å². The van der Waals surface area contributed by atoms with Gasteiger partial charge in [0.25, 0.3) is 0 Å². The summed E-state index contributed by atoms with van der Waals surface area (Å²) in [5.41, 5.74) is 7.94. The maximum absolute atomic E-state index is 12.1. The first-order valence-corrected chi connectivity index (χ1v) is 6.07. The molecule has 0 aliphatic carbocycles. The molecular weight excluding hydrogens is 260 g/mol. The van der Waals surface area contributed by atoms with Crippen LogP contribution in [0.25, 0.3) is 10.4 Å². The Hall–Kier alpha value is -2.24. The van der Waals surface area contributed by atoms with E-state index in [2.05, 4.69) is 15.3 Å². The van der Waals surface area contributed by atoms with E-state index in [1.165, 1.54) is 7.11 Å². The number of carbonyl (C=O) groups excluding carboxylic acids is 1. The molecule has 1 rings (SSSR count). The van der Waals surface area contributed by atoms with Crippen LogP contribution in [0.15, 0.2) is 29.4 Å². The van der Waals surface area contributed by atoms with Crippen molar-refractivity contribution in [3.05, 3.63) is 40.3 Å². The number of hydrogen-bond acceptors (Lipinski definition) is 5. The zero-order valence-electron chi connectivity index (χ0n) is 11.8. The van der Waals surface area contributed by atoms with Crippen LogP contribution in [0, 0.1) is 0 Å². The van der Waals surface area contributed by atoms with Crippen LogP contribution in [0.4, 0.5) is 0 Å². The van der Waals surface area contributed by atoms with E-state index in [-0.39, 0.29) is 6.54 Å². The van der Waals surface area contributed by atoms with Crippen LogP contribution in [-0.2, 0) is 15.1 Å². The number of nitrogens with zero attached hydrogens (tertiary/aromatic N) is 3. The quantitative estimate of drug-likeness (QED) is 0.271. The van der Waals surface area contributed by atoms with Crippen molar-refractivity contribution < 1.29 is 14.3 Å². The number of esters is 1. The van der Waals surface area contributed by atoms with Crippen molar-refractivity contribution in [2.45, 2.75) is 12.5 Å². The highest BCUT2D eigenvalue weighted by Crippen LogP contribution is 2.25. The summed E-state index contributed by atoms with van der Waals surface area (Å²) in [4.78, 5) is 14.7. The molecule has 0 heterocycles. The molecule has 0 saturated carbocycles. The molecule has 0 saturated heterocycles. The fraction of sp³-hybridized carbons (Fsp3) is 0.462. The molecule has 1 unspecified atom stereocenters. The lowest BCUT2D eigenvalue weighted by Gasteiger charge is -2.28. The molecule has 0 aliphatic rings. The Morgan fingerprint density at radius 3 is 2.85 bits per heavy atom. The van der Waals surface area contributed by atoms with Crippen molar-refractivity contribution in [1.82, 2.24) is 5.32 Å². The maximum Gasteiger partial charge on any atom is 0.330 e. The fourth-order valence-corrected chi connectivity index (χ4v) is 1.83. The Bertz CT molecular complexity index is 514. The lowest BCUT2D eigenvalue weighted by molar-refractivity contribution is -0.148. The maximum atomic E-state index is 12.1. The van der Waals surface area contributed by atoms with Crippen molar-refractivity contribution in [2.75, 3.05) is 27.3 Å². The van der Waals surface area contributed by atoms with Crippen LogP contribution in [0.2, 0.25) is 0 Å². The van der Waals surface area contributed by atoms with Crippen LogP contribution in [-0.4, -0.2) is 33.3 Å². The largest absolute Gasteiger partial charge is 0.497 e. The van der Waals surface area contributed by atoms with Gasteiger partial charge < -0.3 is 9.47 Å². The van der Waals surface area contributed by atoms with Gasteiger partial charge in [0.1, 0.15) is 11.3 Å². The number of azide groups is 1. The highest BCUT2D eigenvalue weighted by Gasteiger charge is 2.36. The summed E-state index contributed by atoms with van der Waals surface area (Å²) in [7, 11) is 2.89. The van der Waals surface area contributed by atoms with Crippen LogP contribution >= 0.6 is 0 Å². The molecule has 0 spiro atoms. The monoisotopic (exact) mass is 278 g/mol. The molecule has 0 amide bonds. The van der Waals surface area contributed by atoms with Gasteiger partial charge in [0, 0.05) is 18.0 Å². The highest BCUT2D eigenvalue weighted by molar-refractivity contribution is 5.82. The van der Waals surface area contributed by atoms with E-state index >= 15 is 0 Å². The molecule has 0 radical (unpaired) electrons. The van der Waals surface area contributed by atoms with Crippen LogP contribution in [0.1, 0.15) is 12.5 Å². The summed E-state index contributed by atoms with van der Waals surface area (Å²) in [6.45, 7) is 2.31. The Labute approximate surface area is 117 Å². The molecule has 0 fully saturated rings. The van der Waals surface area contributed by atoms with Gasteiger partial charge in [-0.2, -0.15) is 0 Å². The number of carbonyl (C=O) groups is 1. The minimum absolute atomic E-state index is 0.243. The van der Waals surface area contributed by atoms with Gasteiger partial charge in [-0.25, -0.2) is 4.79 Å². The van der Waals surface area contributed by atoms with E-state index in [4.69, 9.17) is 15.0 Å². The van der Waals surface area contributed by atoms with Crippen molar-refractivity contribution in [3.8, 4) is 5.75 Å². The van der Waals surface area contributed by atoms with E-state index in [0.29, 0.717) is 17.9 Å². The average Bonchev–Trinajstić information content (AvgIpc) is 2.50. The number of nitrogens with one attached hydrogen (secondary N) is 1. The third-order valence-corrected chi connectivity index (χ3v) is 2.99. The normalized spacial score (nSPS) is 12.9. The number of benzene rings is 1. The second kappa shape index (κ2) is 7.37. The third kappa shape index (κ3) is 3.63. The first kappa shape index (κ1) is 15.8. The van der Waals surface area contributed by atoms with Gasteiger partial charge in [-0.15, -0.1) is 0 Å². The molecule has 20 heavy (non-hydrogen) atoms. The number of rotatable bonds is 7. The molecule has 0 aromatic heterocycles. The lowest BCUT2D eigenvalue weighted by Crippen LogP contribution is -2.48. The van der Waals surface area contributed by atoms with Crippen molar-refractivity contribution in [3.63, 3.8) is 0 Å². The van der Waals surface area contributed by atoms with E-state index in [1.54, 1.807) is 38.3 Å². The average molecular weight is 278 g/mol. The van der Waals surface area contributed by atoms with Crippen LogP contribution in [0.3, 0.4) is 0 Å². The molecule has 1 aromatic rings. The van der Waals surface area contributed by atoms with Gasteiger partial charge in [0.15, 0.2) is 0 Å². The number of methoxy groups -OCH3 is 2. The van der Waals surface area contributed by atoms with Gasteiger partial charge in [0.05, 0.1) is 14.2 Å². The van der Waals surface area contributed by atoms with Crippen molar-refractivity contribution in [1.29, 1.82) is 0 Å². The molecule has 0 aliphatic heterocycles. The third-order valence-electron chi connectivity index (χ3n) is 2.99. The smallest absolute Gasteiger partial charge is 0.330 e. The molecule has 7 nitrogen and oxygen atoms in total. The van der Waals surface area contributed by atoms with E-state index < -0.39 is 11.5 Å². The first-order valence-electron chi connectivity index (χ1n) is 6.07. The SMILES string of the molecule is COC(=O)C(C)(NCCN=[N+]=[N-])c1cccc(OC)c1. The van der Waals surface area contributed by atoms with E-state index in [0.717, 1.165) is 0 Å². The molecular formula is C13H18N4O3. The summed E-state index contributed by atoms with van der Waals surface area (Å²) in [5.74, 6) is 0.223. The Morgan fingerprint density at radius 1 is 1.50 bits per heavy atom. The molecule has 1 N–H and O–H groups in total.